The summed E-state index contributed by atoms with van der Waals surface area (Å²) < 4.78 is 0. The first-order valence-corrected chi connectivity index (χ1v) is 8.61. The van der Waals surface area contributed by atoms with E-state index in [-0.39, 0.29) is 5.91 Å². The molecule has 1 amide bonds. The highest BCUT2D eigenvalue weighted by atomic mass is 16.3. The number of carbonyl (C=O) groups is 1. The summed E-state index contributed by atoms with van der Waals surface area (Å²) in [5.41, 5.74) is 3.09. The lowest BCUT2D eigenvalue weighted by atomic mass is 9.99. The molecule has 1 atom stereocenters. The summed E-state index contributed by atoms with van der Waals surface area (Å²) in [6.07, 6.45) is 3.52. The van der Waals surface area contributed by atoms with E-state index in [1.54, 1.807) is 39.2 Å². The number of rotatable bonds is 4. The Morgan fingerprint density at radius 3 is 2.54 bits per heavy atom. The van der Waals surface area contributed by atoms with Crippen LogP contribution in [-0.2, 0) is 0 Å². The number of fused-ring (bicyclic) bond motifs is 1. The monoisotopic (exact) mass is 349 g/mol. The number of pyridine rings is 2. The predicted octanol–water partition coefficient (Wildman–Crippen LogP) is 3.49. The second-order valence-corrected chi connectivity index (χ2v) is 7.12. The maximum absolute atomic E-state index is 12.6. The highest BCUT2D eigenvalue weighted by Gasteiger charge is 2.24. The largest absolute Gasteiger partial charge is 0.388 e. The quantitative estimate of drug-likeness (QED) is 0.756. The van der Waals surface area contributed by atoms with E-state index in [1.165, 1.54) is 0 Å². The molecule has 5 nitrogen and oxygen atoms in total. The Morgan fingerprint density at radius 2 is 1.85 bits per heavy atom. The molecule has 3 aromatic rings. The van der Waals surface area contributed by atoms with E-state index in [0.29, 0.717) is 5.69 Å². The highest BCUT2D eigenvalue weighted by molar-refractivity contribution is 5.98. The Balaban J connectivity index is 2.04. The van der Waals surface area contributed by atoms with E-state index < -0.39 is 11.6 Å². The Labute approximate surface area is 153 Å². The van der Waals surface area contributed by atoms with E-state index in [4.69, 9.17) is 0 Å². The van der Waals surface area contributed by atoms with Crippen LogP contribution in [0.3, 0.4) is 0 Å². The second-order valence-electron chi connectivity index (χ2n) is 7.12. The number of aliphatic hydroxyl groups is 1. The molecule has 1 unspecified atom stereocenters. The number of benzene rings is 1. The molecule has 0 fully saturated rings. The van der Waals surface area contributed by atoms with Crippen LogP contribution in [0.25, 0.3) is 22.0 Å². The molecule has 0 aliphatic heterocycles. The molecule has 0 radical (unpaired) electrons. The van der Waals surface area contributed by atoms with Gasteiger partial charge in [0, 0.05) is 23.3 Å². The van der Waals surface area contributed by atoms with Crippen molar-refractivity contribution in [2.24, 2.45) is 0 Å². The molecule has 2 heterocycles. The first-order valence-electron chi connectivity index (χ1n) is 8.61. The SMILES string of the molecule is Cc1ccccc1-c1cncc2ccc(C(=O)NC(C)C(C)(C)O)nc12. The van der Waals surface area contributed by atoms with Crippen LogP contribution < -0.4 is 5.32 Å². The summed E-state index contributed by atoms with van der Waals surface area (Å²) in [6, 6.07) is 11.1. The van der Waals surface area contributed by atoms with Gasteiger partial charge in [0.25, 0.3) is 5.91 Å². The zero-order chi connectivity index (χ0) is 18.9. The maximum Gasteiger partial charge on any atom is 0.270 e. The number of aryl methyl sites for hydroxylation is 1. The second kappa shape index (κ2) is 6.84. The van der Waals surface area contributed by atoms with Gasteiger partial charge in [0.05, 0.1) is 17.2 Å². The topological polar surface area (TPSA) is 75.1 Å². The fourth-order valence-corrected chi connectivity index (χ4v) is 2.69. The van der Waals surface area contributed by atoms with Crippen LogP contribution in [-0.4, -0.2) is 32.6 Å². The number of amides is 1. The van der Waals surface area contributed by atoms with Crippen molar-refractivity contribution in [2.75, 3.05) is 0 Å². The van der Waals surface area contributed by atoms with Gasteiger partial charge in [-0.15, -0.1) is 0 Å². The van der Waals surface area contributed by atoms with Gasteiger partial charge in [-0.1, -0.05) is 24.3 Å². The number of nitrogens with zero attached hydrogens (tertiary/aromatic N) is 2. The first kappa shape index (κ1) is 18.0. The number of aromatic nitrogens is 2. The third kappa shape index (κ3) is 3.58. The molecule has 0 aliphatic carbocycles. The smallest absolute Gasteiger partial charge is 0.270 e. The van der Waals surface area contributed by atoms with Crippen molar-refractivity contribution in [1.82, 2.24) is 15.3 Å². The van der Waals surface area contributed by atoms with Crippen molar-refractivity contribution in [1.29, 1.82) is 0 Å². The number of hydrogen-bond donors (Lipinski definition) is 2. The fourth-order valence-electron chi connectivity index (χ4n) is 2.69. The van der Waals surface area contributed by atoms with Gasteiger partial charge >= 0.3 is 0 Å². The molecule has 134 valence electrons. The summed E-state index contributed by atoms with van der Waals surface area (Å²) in [5.74, 6) is -0.311. The van der Waals surface area contributed by atoms with Crippen molar-refractivity contribution in [3.63, 3.8) is 0 Å². The van der Waals surface area contributed by atoms with Crippen LogP contribution in [0, 0.1) is 6.92 Å². The van der Waals surface area contributed by atoms with Crippen molar-refractivity contribution >= 4 is 16.8 Å². The zero-order valence-electron chi connectivity index (χ0n) is 15.4. The lowest BCUT2D eigenvalue weighted by Crippen LogP contribution is -2.47. The highest BCUT2D eigenvalue weighted by Crippen LogP contribution is 2.28. The molecule has 1 aromatic carbocycles. The third-order valence-electron chi connectivity index (χ3n) is 4.67. The van der Waals surface area contributed by atoms with Crippen LogP contribution in [0.2, 0.25) is 0 Å². The van der Waals surface area contributed by atoms with Gasteiger partial charge in [-0.2, -0.15) is 0 Å². The minimum Gasteiger partial charge on any atom is -0.388 e. The molecular formula is C21H23N3O2. The normalized spacial score (nSPS) is 12.8. The minimum atomic E-state index is -1.01. The van der Waals surface area contributed by atoms with Crippen molar-refractivity contribution < 1.29 is 9.90 Å². The standard InChI is InChI=1S/C21H23N3O2/c1-13-7-5-6-8-16(13)17-12-22-11-15-9-10-18(24-19(15)17)20(25)23-14(2)21(3,4)26/h5-12,14,26H,1-4H3,(H,23,25). The number of carbonyl (C=O) groups excluding carboxylic acids is 1. The third-order valence-corrected chi connectivity index (χ3v) is 4.67. The van der Waals surface area contributed by atoms with Crippen LogP contribution in [0.1, 0.15) is 36.8 Å². The van der Waals surface area contributed by atoms with Crippen molar-refractivity contribution in [3.05, 3.63) is 60.0 Å². The van der Waals surface area contributed by atoms with Gasteiger partial charge in [-0.05, 0) is 51.0 Å². The average molecular weight is 349 g/mol. The average Bonchev–Trinajstić information content (AvgIpc) is 2.60. The van der Waals surface area contributed by atoms with Crippen LogP contribution in [0.5, 0.6) is 0 Å². The maximum atomic E-state index is 12.6. The van der Waals surface area contributed by atoms with E-state index in [0.717, 1.165) is 27.6 Å². The molecule has 0 saturated heterocycles. The van der Waals surface area contributed by atoms with Crippen molar-refractivity contribution in [3.8, 4) is 11.1 Å². The number of nitrogens with one attached hydrogen (secondary N) is 1. The van der Waals surface area contributed by atoms with Crippen LogP contribution in [0.4, 0.5) is 0 Å². The van der Waals surface area contributed by atoms with Gasteiger partial charge in [0.1, 0.15) is 5.69 Å². The van der Waals surface area contributed by atoms with Gasteiger partial charge in [0.15, 0.2) is 0 Å². The summed E-state index contributed by atoms with van der Waals surface area (Å²) >= 11 is 0. The van der Waals surface area contributed by atoms with Gasteiger partial charge in [-0.3, -0.25) is 9.78 Å². The van der Waals surface area contributed by atoms with Crippen LogP contribution in [0.15, 0.2) is 48.8 Å². The minimum absolute atomic E-state index is 0.311. The first-order chi connectivity index (χ1) is 12.3. The summed E-state index contributed by atoms with van der Waals surface area (Å²) in [5, 5.41) is 13.7. The molecule has 26 heavy (non-hydrogen) atoms. The van der Waals surface area contributed by atoms with E-state index in [2.05, 4.69) is 15.3 Å². The van der Waals surface area contributed by atoms with Crippen LogP contribution >= 0.6 is 0 Å². The van der Waals surface area contributed by atoms with E-state index >= 15 is 0 Å². The molecule has 0 bridgehead atoms. The molecule has 2 aromatic heterocycles. The summed E-state index contributed by atoms with van der Waals surface area (Å²) in [4.78, 5) is 21.5. The molecule has 3 rings (SSSR count). The van der Waals surface area contributed by atoms with E-state index in [1.807, 2.05) is 37.3 Å². The fraction of sp³-hybridized carbons (Fsp3) is 0.286. The molecule has 2 N–H and O–H groups in total. The van der Waals surface area contributed by atoms with E-state index in [9.17, 15) is 9.90 Å². The Kier molecular flexibility index (Phi) is 4.74. The molecule has 0 spiro atoms. The number of hydrogen-bond acceptors (Lipinski definition) is 4. The van der Waals surface area contributed by atoms with Gasteiger partial charge < -0.3 is 10.4 Å². The molecule has 0 aliphatic rings. The molecule has 5 heteroatoms. The Bertz CT molecular complexity index is 961. The van der Waals surface area contributed by atoms with Crippen molar-refractivity contribution in [2.45, 2.75) is 39.3 Å². The molecule has 0 saturated carbocycles. The Hall–Kier alpha value is -2.79. The molecular weight excluding hydrogens is 326 g/mol. The van der Waals surface area contributed by atoms with Gasteiger partial charge in [-0.25, -0.2) is 4.98 Å². The lowest BCUT2D eigenvalue weighted by molar-refractivity contribution is 0.0407. The lowest BCUT2D eigenvalue weighted by Gasteiger charge is -2.26. The predicted molar refractivity (Wildman–Crippen MR) is 103 cm³/mol. The zero-order valence-corrected chi connectivity index (χ0v) is 15.4. The Morgan fingerprint density at radius 1 is 1.12 bits per heavy atom. The van der Waals surface area contributed by atoms with Gasteiger partial charge in [0.2, 0.25) is 0 Å². The summed E-state index contributed by atoms with van der Waals surface area (Å²) in [7, 11) is 0. The summed E-state index contributed by atoms with van der Waals surface area (Å²) in [6.45, 7) is 7.12.